The van der Waals surface area contributed by atoms with Crippen LogP contribution in [0.15, 0.2) is 0 Å². The van der Waals surface area contributed by atoms with E-state index in [-0.39, 0.29) is 0 Å². The third-order valence-electron chi connectivity index (χ3n) is 3.07. The average molecular weight is 200 g/mol. The van der Waals surface area contributed by atoms with Gasteiger partial charge < -0.3 is 11.1 Å². The summed E-state index contributed by atoms with van der Waals surface area (Å²) in [5.41, 5.74) is 5.70. The predicted molar refractivity (Wildman–Crippen MR) is 64.3 cm³/mol. The molecule has 0 fully saturated rings. The van der Waals surface area contributed by atoms with E-state index in [2.05, 4.69) is 33.0 Å². The second-order valence-electron chi connectivity index (χ2n) is 4.77. The summed E-state index contributed by atoms with van der Waals surface area (Å²) in [5, 5.41) is 3.52. The first-order valence-corrected chi connectivity index (χ1v) is 6.02. The Bertz CT molecular complexity index is 123. The Morgan fingerprint density at radius 2 is 1.79 bits per heavy atom. The highest BCUT2D eigenvalue weighted by Crippen LogP contribution is 2.08. The first-order chi connectivity index (χ1) is 6.61. The highest BCUT2D eigenvalue weighted by molar-refractivity contribution is 4.65. The highest BCUT2D eigenvalue weighted by Gasteiger charge is 2.08. The summed E-state index contributed by atoms with van der Waals surface area (Å²) in [6.45, 7) is 12.1. The Morgan fingerprint density at radius 3 is 2.21 bits per heavy atom. The molecule has 0 amide bonds. The van der Waals surface area contributed by atoms with Crippen molar-refractivity contribution in [2.24, 2.45) is 23.5 Å². The topological polar surface area (TPSA) is 38.0 Å². The zero-order chi connectivity index (χ0) is 11.0. The van der Waals surface area contributed by atoms with E-state index >= 15 is 0 Å². The Morgan fingerprint density at radius 1 is 1.14 bits per heavy atom. The molecule has 0 aliphatic heterocycles. The standard InChI is InChI=1S/C12H28N2/c1-5-6-12(7-13)9-14-8-11(4)10(2)3/h10-12,14H,5-9,13H2,1-4H3. The lowest BCUT2D eigenvalue weighted by atomic mass is 9.97. The molecular formula is C12H28N2. The maximum absolute atomic E-state index is 5.70. The van der Waals surface area contributed by atoms with E-state index < -0.39 is 0 Å². The summed E-state index contributed by atoms with van der Waals surface area (Å²) in [6, 6.07) is 0. The van der Waals surface area contributed by atoms with Crippen LogP contribution in [0.25, 0.3) is 0 Å². The molecule has 3 N–H and O–H groups in total. The molecule has 2 nitrogen and oxygen atoms in total. The van der Waals surface area contributed by atoms with Gasteiger partial charge in [-0.15, -0.1) is 0 Å². The maximum atomic E-state index is 5.70. The molecule has 0 spiro atoms. The maximum Gasteiger partial charge on any atom is -0.000835 e. The van der Waals surface area contributed by atoms with Crippen molar-refractivity contribution in [2.75, 3.05) is 19.6 Å². The van der Waals surface area contributed by atoms with Gasteiger partial charge in [0, 0.05) is 0 Å². The Balaban J connectivity index is 3.50. The third-order valence-corrected chi connectivity index (χ3v) is 3.07. The van der Waals surface area contributed by atoms with E-state index in [1.54, 1.807) is 0 Å². The molecule has 0 aromatic rings. The van der Waals surface area contributed by atoms with Crippen LogP contribution in [-0.2, 0) is 0 Å². The summed E-state index contributed by atoms with van der Waals surface area (Å²) in [4.78, 5) is 0. The number of nitrogens with two attached hydrogens (primary N) is 1. The number of rotatable bonds is 8. The van der Waals surface area contributed by atoms with Crippen molar-refractivity contribution >= 4 is 0 Å². The van der Waals surface area contributed by atoms with Crippen molar-refractivity contribution in [3.05, 3.63) is 0 Å². The second-order valence-corrected chi connectivity index (χ2v) is 4.77. The Kier molecular flexibility index (Phi) is 8.20. The van der Waals surface area contributed by atoms with Crippen molar-refractivity contribution in [3.8, 4) is 0 Å². The van der Waals surface area contributed by atoms with Crippen LogP contribution in [0.1, 0.15) is 40.5 Å². The van der Waals surface area contributed by atoms with Crippen molar-refractivity contribution in [2.45, 2.75) is 40.5 Å². The van der Waals surface area contributed by atoms with Crippen LogP contribution in [0, 0.1) is 17.8 Å². The molecule has 2 heteroatoms. The van der Waals surface area contributed by atoms with Gasteiger partial charge in [-0.1, -0.05) is 34.1 Å². The van der Waals surface area contributed by atoms with Crippen LogP contribution in [0.4, 0.5) is 0 Å². The molecular weight excluding hydrogens is 172 g/mol. The first-order valence-electron chi connectivity index (χ1n) is 6.02. The normalized spacial score (nSPS) is 15.9. The van der Waals surface area contributed by atoms with Crippen LogP contribution in [0.2, 0.25) is 0 Å². The smallest absolute Gasteiger partial charge is 0.000835 e. The summed E-state index contributed by atoms with van der Waals surface area (Å²) in [5.74, 6) is 2.19. The Labute approximate surface area is 89.6 Å². The minimum absolute atomic E-state index is 0.666. The summed E-state index contributed by atoms with van der Waals surface area (Å²) in [7, 11) is 0. The van der Waals surface area contributed by atoms with E-state index in [1.807, 2.05) is 0 Å². The Hall–Kier alpha value is -0.0800. The summed E-state index contributed by atoms with van der Waals surface area (Å²) < 4.78 is 0. The van der Waals surface area contributed by atoms with E-state index in [0.29, 0.717) is 5.92 Å². The van der Waals surface area contributed by atoms with Crippen molar-refractivity contribution in [1.82, 2.24) is 5.32 Å². The monoisotopic (exact) mass is 200 g/mol. The number of nitrogens with one attached hydrogen (secondary N) is 1. The van der Waals surface area contributed by atoms with E-state index in [9.17, 15) is 0 Å². The molecule has 2 atom stereocenters. The van der Waals surface area contributed by atoms with E-state index in [1.165, 1.54) is 12.8 Å². The van der Waals surface area contributed by atoms with Gasteiger partial charge in [0.1, 0.15) is 0 Å². The van der Waals surface area contributed by atoms with Gasteiger partial charge in [-0.05, 0) is 43.8 Å². The lowest BCUT2D eigenvalue weighted by Gasteiger charge is -2.19. The molecule has 0 bridgehead atoms. The van der Waals surface area contributed by atoms with E-state index in [0.717, 1.165) is 31.5 Å². The van der Waals surface area contributed by atoms with Crippen LogP contribution in [0.3, 0.4) is 0 Å². The van der Waals surface area contributed by atoms with Crippen LogP contribution < -0.4 is 11.1 Å². The fourth-order valence-corrected chi connectivity index (χ4v) is 1.46. The molecule has 14 heavy (non-hydrogen) atoms. The lowest BCUT2D eigenvalue weighted by molar-refractivity contribution is 0.367. The summed E-state index contributed by atoms with van der Waals surface area (Å²) >= 11 is 0. The number of hydrogen-bond donors (Lipinski definition) is 2. The van der Waals surface area contributed by atoms with Gasteiger partial charge >= 0.3 is 0 Å². The van der Waals surface area contributed by atoms with Crippen molar-refractivity contribution in [1.29, 1.82) is 0 Å². The zero-order valence-electron chi connectivity index (χ0n) is 10.3. The van der Waals surface area contributed by atoms with Gasteiger partial charge in [0.2, 0.25) is 0 Å². The van der Waals surface area contributed by atoms with Gasteiger partial charge in [-0.2, -0.15) is 0 Å². The SMILES string of the molecule is CCCC(CN)CNCC(C)C(C)C. The number of hydrogen-bond acceptors (Lipinski definition) is 2. The van der Waals surface area contributed by atoms with Gasteiger partial charge in [0.25, 0.3) is 0 Å². The predicted octanol–water partition coefficient (Wildman–Crippen LogP) is 2.24. The lowest BCUT2D eigenvalue weighted by Crippen LogP contribution is -2.32. The fourth-order valence-electron chi connectivity index (χ4n) is 1.46. The highest BCUT2D eigenvalue weighted by atomic mass is 14.9. The molecule has 0 aromatic carbocycles. The largest absolute Gasteiger partial charge is 0.330 e. The van der Waals surface area contributed by atoms with Gasteiger partial charge in [0.15, 0.2) is 0 Å². The minimum Gasteiger partial charge on any atom is -0.330 e. The van der Waals surface area contributed by atoms with Gasteiger partial charge in [-0.3, -0.25) is 0 Å². The minimum atomic E-state index is 0.666. The summed E-state index contributed by atoms with van der Waals surface area (Å²) in [6.07, 6.45) is 2.49. The zero-order valence-corrected chi connectivity index (χ0v) is 10.3. The molecule has 0 aliphatic carbocycles. The first kappa shape index (κ1) is 13.9. The third kappa shape index (κ3) is 6.39. The molecule has 0 saturated carbocycles. The van der Waals surface area contributed by atoms with Crippen molar-refractivity contribution < 1.29 is 0 Å². The quantitative estimate of drug-likeness (QED) is 0.630. The molecule has 0 saturated heterocycles. The molecule has 2 unspecified atom stereocenters. The van der Waals surface area contributed by atoms with Crippen molar-refractivity contribution in [3.63, 3.8) is 0 Å². The van der Waals surface area contributed by atoms with Crippen LogP contribution in [-0.4, -0.2) is 19.6 Å². The fraction of sp³-hybridized carbons (Fsp3) is 1.00. The van der Waals surface area contributed by atoms with Gasteiger partial charge in [-0.25, -0.2) is 0 Å². The van der Waals surface area contributed by atoms with Gasteiger partial charge in [0.05, 0.1) is 0 Å². The second kappa shape index (κ2) is 8.25. The van der Waals surface area contributed by atoms with Crippen LogP contribution >= 0.6 is 0 Å². The van der Waals surface area contributed by atoms with Crippen LogP contribution in [0.5, 0.6) is 0 Å². The molecule has 0 rings (SSSR count). The molecule has 0 heterocycles. The molecule has 86 valence electrons. The van der Waals surface area contributed by atoms with E-state index in [4.69, 9.17) is 5.73 Å². The molecule has 0 aliphatic rings. The molecule has 0 aromatic heterocycles. The average Bonchev–Trinajstić information content (AvgIpc) is 2.16. The molecule has 0 radical (unpaired) electrons.